The minimum atomic E-state index is -0.296. The van der Waals surface area contributed by atoms with Crippen molar-refractivity contribution in [1.29, 1.82) is 0 Å². The van der Waals surface area contributed by atoms with Gasteiger partial charge in [-0.25, -0.2) is 9.37 Å². The molecule has 0 aliphatic carbocycles. The summed E-state index contributed by atoms with van der Waals surface area (Å²) in [6.07, 6.45) is 1.58. The molecule has 72 valence electrons. The van der Waals surface area contributed by atoms with Gasteiger partial charge in [0.2, 0.25) is 0 Å². The van der Waals surface area contributed by atoms with Gasteiger partial charge in [0.05, 0.1) is 6.61 Å². The number of ether oxygens (including phenoxy) is 1. The van der Waals surface area contributed by atoms with Crippen LogP contribution < -0.4 is 0 Å². The molecule has 1 heterocycles. The zero-order valence-corrected chi connectivity index (χ0v) is 9.49. The minimum absolute atomic E-state index is 0.296. The largest absolute Gasteiger partial charge is 0.384 e. The normalized spacial score (nSPS) is 10.4. The van der Waals surface area contributed by atoms with Crippen molar-refractivity contribution in [3.63, 3.8) is 0 Å². The van der Waals surface area contributed by atoms with Crippen LogP contribution >= 0.6 is 27.7 Å². The molecule has 0 radical (unpaired) electrons. The third-order valence-electron chi connectivity index (χ3n) is 1.30. The summed E-state index contributed by atoms with van der Waals surface area (Å²) in [6.45, 7) is 0.599. The number of hydrogen-bond donors (Lipinski definition) is 0. The molecular weight excluding hydrogens is 257 g/mol. The molecule has 2 nitrogen and oxygen atoms in total. The zero-order chi connectivity index (χ0) is 9.68. The van der Waals surface area contributed by atoms with Gasteiger partial charge in [-0.1, -0.05) is 0 Å². The summed E-state index contributed by atoms with van der Waals surface area (Å²) in [5, 5.41) is 0.417. The first kappa shape index (κ1) is 10.9. The van der Waals surface area contributed by atoms with Crippen molar-refractivity contribution in [1.82, 2.24) is 4.98 Å². The highest BCUT2D eigenvalue weighted by molar-refractivity contribution is 9.10. The van der Waals surface area contributed by atoms with Crippen LogP contribution in [0.15, 0.2) is 21.8 Å². The molecule has 5 heteroatoms. The monoisotopic (exact) mass is 265 g/mol. The van der Waals surface area contributed by atoms with Gasteiger partial charge in [0.15, 0.2) is 5.82 Å². The fourth-order valence-electron chi connectivity index (χ4n) is 0.730. The Morgan fingerprint density at radius 1 is 1.69 bits per heavy atom. The highest BCUT2D eigenvalue weighted by Crippen LogP contribution is 2.21. The van der Waals surface area contributed by atoms with Gasteiger partial charge in [-0.05, 0) is 22.0 Å². The van der Waals surface area contributed by atoms with Gasteiger partial charge in [0, 0.05) is 23.5 Å². The van der Waals surface area contributed by atoms with Crippen LogP contribution in [0.2, 0.25) is 0 Å². The summed E-state index contributed by atoms with van der Waals surface area (Å²) >= 11 is 4.49. The van der Waals surface area contributed by atoms with Gasteiger partial charge in [0.25, 0.3) is 0 Å². The van der Waals surface area contributed by atoms with Crippen molar-refractivity contribution in [3.05, 3.63) is 22.6 Å². The zero-order valence-electron chi connectivity index (χ0n) is 7.09. The van der Waals surface area contributed by atoms with Gasteiger partial charge >= 0.3 is 0 Å². The first-order valence-corrected chi connectivity index (χ1v) is 5.44. The van der Waals surface area contributed by atoms with E-state index in [-0.39, 0.29) is 5.82 Å². The van der Waals surface area contributed by atoms with Crippen LogP contribution in [-0.4, -0.2) is 24.5 Å². The van der Waals surface area contributed by atoms with E-state index < -0.39 is 0 Å². The molecule has 0 aliphatic rings. The molecule has 0 fully saturated rings. The van der Waals surface area contributed by atoms with Crippen molar-refractivity contribution in [2.45, 2.75) is 5.03 Å². The van der Waals surface area contributed by atoms with E-state index in [1.54, 1.807) is 13.3 Å². The molecule has 0 unspecified atom stereocenters. The highest BCUT2D eigenvalue weighted by atomic mass is 79.9. The van der Waals surface area contributed by atoms with E-state index in [1.807, 2.05) is 0 Å². The van der Waals surface area contributed by atoms with Crippen LogP contribution in [0.4, 0.5) is 4.39 Å². The molecule has 1 aromatic heterocycles. The summed E-state index contributed by atoms with van der Waals surface area (Å²) in [7, 11) is 1.62. The van der Waals surface area contributed by atoms with Crippen molar-refractivity contribution in [2.75, 3.05) is 19.5 Å². The maximum Gasteiger partial charge on any atom is 0.156 e. The first-order valence-electron chi connectivity index (χ1n) is 3.67. The average molecular weight is 266 g/mol. The number of thioether (sulfide) groups is 1. The van der Waals surface area contributed by atoms with Crippen molar-refractivity contribution in [2.24, 2.45) is 0 Å². The summed E-state index contributed by atoms with van der Waals surface area (Å²) in [5.41, 5.74) is 0. The number of halogens is 2. The predicted octanol–water partition coefficient (Wildman–Crippen LogP) is 2.72. The standard InChI is InChI=1S/C8H9BrFNOS/c1-12-2-3-13-8-7(10)4-6(9)5-11-8/h4-5H,2-3H2,1H3. The van der Waals surface area contributed by atoms with E-state index in [0.717, 1.165) is 0 Å². The van der Waals surface area contributed by atoms with E-state index in [2.05, 4.69) is 20.9 Å². The van der Waals surface area contributed by atoms with Gasteiger partial charge in [0.1, 0.15) is 5.03 Å². The number of hydrogen-bond acceptors (Lipinski definition) is 3. The van der Waals surface area contributed by atoms with E-state index in [1.165, 1.54) is 17.8 Å². The van der Waals surface area contributed by atoms with Gasteiger partial charge in [-0.2, -0.15) is 0 Å². The lowest BCUT2D eigenvalue weighted by Crippen LogP contribution is -1.94. The molecule has 1 aromatic rings. The second-order valence-corrected chi connectivity index (χ2v) is 4.28. The lowest BCUT2D eigenvalue weighted by atomic mass is 10.5. The molecule has 0 saturated carbocycles. The Kier molecular flexibility index (Phi) is 4.69. The molecule has 0 bridgehead atoms. The summed E-state index contributed by atoms with van der Waals surface area (Å²) in [4.78, 5) is 3.94. The third-order valence-corrected chi connectivity index (χ3v) is 2.68. The lowest BCUT2D eigenvalue weighted by Gasteiger charge is -2.01. The molecule has 0 aromatic carbocycles. The summed E-state index contributed by atoms with van der Waals surface area (Å²) < 4.78 is 18.6. The molecule has 1 rings (SSSR count). The Hall–Kier alpha value is -0.130. The SMILES string of the molecule is COCCSc1ncc(Br)cc1F. The van der Waals surface area contributed by atoms with Crippen LogP contribution in [0.25, 0.3) is 0 Å². The Labute approximate surface area is 89.0 Å². The maximum absolute atomic E-state index is 13.1. The molecule has 0 saturated heterocycles. The second-order valence-electron chi connectivity index (χ2n) is 2.28. The number of aromatic nitrogens is 1. The highest BCUT2D eigenvalue weighted by Gasteiger charge is 2.04. The lowest BCUT2D eigenvalue weighted by molar-refractivity contribution is 0.218. The molecular formula is C8H9BrFNOS. The van der Waals surface area contributed by atoms with Gasteiger partial charge in [-0.3, -0.25) is 0 Å². The van der Waals surface area contributed by atoms with Crippen LogP contribution in [0.1, 0.15) is 0 Å². The number of pyridine rings is 1. The average Bonchev–Trinajstić information content (AvgIpc) is 2.09. The Morgan fingerprint density at radius 2 is 2.46 bits per heavy atom. The van der Waals surface area contributed by atoms with Crippen LogP contribution in [0, 0.1) is 5.82 Å². The number of methoxy groups -OCH3 is 1. The smallest absolute Gasteiger partial charge is 0.156 e. The first-order chi connectivity index (χ1) is 6.24. The number of nitrogens with zero attached hydrogens (tertiary/aromatic N) is 1. The second kappa shape index (κ2) is 5.57. The summed E-state index contributed by atoms with van der Waals surface area (Å²) in [5.74, 6) is 0.415. The Bertz CT molecular complexity index is 285. The molecule has 0 N–H and O–H groups in total. The predicted molar refractivity (Wildman–Crippen MR) is 54.5 cm³/mol. The molecule has 0 spiro atoms. The Balaban J connectivity index is 2.56. The quantitative estimate of drug-likeness (QED) is 0.618. The maximum atomic E-state index is 13.1. The van der Waals surface area contributed by atoms with Gasteiger partial charge in [-0.15, -0.1) is 11.8 Å². The van der Waals surface area contributed by atoms with Crippen molar-refractivity contribution < 1.29 is 9.13 Å². The molecule has 0 atom stereocenters. The topological polar surface area (TPSA) is 22.1 Å². The van der Waals surface area contributed by atoms with E-state index >= 15 is 0 Å². The van der Waals surface area contributed by atoms with Crippen LogP contribution in [-0.2, 0) is 4.74 Å². The van der Waals surface area contributed by atoms with Crippen LogP contribution in [0.3, 0.4) is 0 Å². The fourth-order valence-corrected chi connectivity index (χ4v) is 1.80. The Morgan fingerprint density at radius 3 is 3.08 bits per heavy atom. The van der Waals surface area contributed by atoms with Crippen molar-refractivity contribution >= 4 is 27.7 Å². The van der Waals surface area contributed by atoms with E-state index in [9.17, 15) is 4.39 Å². The molecule has 0 aliphatic heterocycles. The van der Waals surface area contributed by atoms with Crippen molar-refractivity contribution in [3.8, 4) is 0 Å². The molecule has 13 heavy (non-hydrogen) atoms. The summed E-state index contributed by atoms with van der Waals surface area (Å²) in [6, 6.07) is 1.40. The van der Waals surface area contributed by atoms with Crippen LogP contribution in [0.5, 0.6) is 0 Å². The van der Waals surface area contributed by atoms with E-state index in [0.29, 0.717) is 21.9 Å². The van der Waals surface area contributed by atoms with E-state index in [4.69, 9.17) is 4.74 Å². The number of rotatable bonds is 4. The fraction of sp³-hybridized carbons (Fsp3) is 0.375. The third kappa shape index (κ3) is 3.62. The molecule has 0 amide bonds. The van der Waals surface area contributed by atoms with Gasteiger partial charge < -0.3 is 4.74 Å². The minimum Gasteiger partial charge on any atom is -0.384 e.